The van der Waals surface area contributed by atoms with Gasteiger partial charge in [0.05, 0.1) is 5.39 Å². The Morgan fingerprint density at radius 3 is 2.53 bits per heavy atom. The number of benzene rings is 2. The molecule has 0 aliphatic carbocycles. The summed E-state index contributed by atoms with van der Waals surface area (Å²) >= 11 is 0. The number of nitrogens with zero attached hydrogens (tertiary/aromatic N) is 3. The molecule has 1 atom stereocenters. The minimum atomic E-state index is -0.261. The molecule has 0 bridgehead atoms. The van der Waals surface area contributed by atoms with Gasteiger partial charge in [0.15, 0.2) is 5.82 Å². The van der Waals surface area contributed by atoms with E-state index in [4.69, 9.17) is 0 Å². The molecular weight excluding hydrogens is 376 g/mol. The van der Waals surface area contributed by atoms with Gasteiger partial charge in [-0.25, -0.2) is 4.68 Å². The summed E-state index contributed by atoms with van der Waals surface area (Å²) in [4.78, 5) is 28.0. The molecule has 0 saturated carbocycles. The van der Waals surface area contributed by atoms with Crippen LogP contribution in [0.5, 0.6) is 0 Å². The second-order valence-electron chi connectivity index (χ2n) is 8.45. The zero-order valence-electron chi connectivity index (χ0n) is 17.8. The Kier molecular flexibility index (Phi) is 5.57. The van der Waals surface area contributed by atoms with Gasteiger partial charge in [0.1, 0.15) is 6.54 Å². The van der Waals surface area contributed by atoms with Crippen molar-refractivity contribution < 1.29 is 4.79 Å². The van der Waals surface area contributed by atoms with Crippen molar-refractivity contribution in [3.05, 3.63) is 63.9 Å². The zero-order chi connectivity index (χ0) is 21.3. The number of hydrogen-bond donors (Lipinski definition) is 1. The first-order chi connectivity index (χ1) is 14.4. The number of aryl methyl sites for hydroxylation is 2. The van der Waals surface area contributed by atoms with Gasteiger partial charge in [-0.15, -0.1) is 0 Å². The highest BCUT2D eigenvalue weighted by Gasteiger charge is 2.22. The van der Waals surface area contributed by atoms with Crippen LogP contribution in [0.25, 0.3) is 10.8 Å². The number of piperidine rings is 1. The van der Waals surface area contributed by atoms with Crippen LogP contribution in [0.2, 0.25) is 0 Å². The third-order valence-corrected chi connectivity index (χ3v) is 5.60. The van der Waals surface area contributed by atoms with Crippen LogP contribution in [0.15, 0.2) is 47.3 Å². The van der Waals surface area contributed by atoms with E-state index in [1.807, 2.05) is 50.2 Å². The molecule has 3 aromatic rings. The normalized spacial score (nSPS) is 16.6. The fourth-order valence-corrected chi connectivity index (χ4v) is 4.32. The number of aromatic nitrogens is 2. The number of carbonyl (C=O) groups is 1. The molecule has 1 fully saturated rings. The SMILES string of the molecule is Cc1cc(C)cc(NC(=O)Cn2nc(N3CCCC(C)C3)c3ccccc3c2=O)c1. The maximum atomic E-state index is 13.0. The van der Waals surface area contributed by atoms with Crippen LogP contribution in [-0.4, -0.2) is 28.8 Å². The molecule has 1 unspecified atom stereocenters. The van der Waals surface area contributed by atoms with Gasteiger partial charge in [0, 0.05) is 24.2 Å². The second-order valence-corrected chi connectivity index (χ2v) is 8.45. The third kappa shape index (κ3) is 4.22. The van der Waals surface area contributed by atoms with Crippen LogP contribution < -0.4 is 15.8 Å². The summed E-state index contributed by atoms with van der Waals surface area (Å²) in [5.74, 6) is 1.10. The minimum absolute atomic E-state index is 0.118. The lowest BCUT2D eigenvalue weighted by Crippen LogP contribution is -2.38. The van der Waals surface area contributed by atoms with Crippen molar-refractivity contribution in [2.75, 3.05) is 23.3 Å². The summed E-state index contributed by atoms with van der Waals surface area (Å²) in [5, 5.41) is 8.99. The molecule has 2 aromatic carbocycles. The Hall–Kier alpha value is -3.15. The largest absolute Gasteiger partial charge is 0.354 e. The van der Waals surface area contributed by atoms with E-state index in [0.29, 0.717) is 11.3 Å². The lowest BCUT2D eigenvalue weighted by Gasteiger charge is -2.32. The fourth-order valence-electron chi connectivity index (χ4n) is 4.32. The Morgan fingerprint density at radius 2 is 1.83 bits per heavy atom. The second kappa shape index (κ2) is 8.30. The lowest BCUT2D eigenvalue weighted by atomic mass is 10.00. The van der Waals surface area contributed by atoms with Crippen molar-refractivity contribution in [2.45, 2.75) is 40.2 Å². The van der Waals surface area contributed by atoms with Crippen LogP contribution >= 0.6 is 0 Å². The van der Waals surface area contributed by atoms with E-state index in [-0.39, 0.29) is 18.0 Å². The van der Waals surface area contributed by atoms with Gasteiger partial charge in [0.25, 0.3) is 5.56 Å². The molecular formula is C24H28N4O2. The van der Waals surface area contributed by atoms with Gasteiger partial charge in [-0.1, -0.05) is 31.2 Å². The standard InChI is InChI=1S/C24H28N4O2/c1-16-7-6-10-27(14-16)23-20-8-4-5-9-21(20)24(30)28(26-23)15-22(29)25-19-12-17(2)11-18(3)13-19/h4-5,8-9,11-13,16H,6-7,10,14-15H2,1-3H3,(H,25,29). The number of amides is 1. The predicted molar refractivity (Wildman–Crippen MR) is 121 cm³/mol. The summed E-state index contributed by atoms with van der Waals surface area (Å²) in [6.45, 7) is 7.92. The molecule has 1 amide bonds. The highest BCUT2D eigenvalue weighted by molar-refractivity contribution is 5.93. The van der Waals surface area contributed by atoms with Crippen molar-refractivity contribution >= 4 is 28.2 Å². The molecule has 2 heterocycles. The fraction of sp³-hybridized carbons (Fsp3) is 0.375. The van der Waals surface area contributed by atoms with E-state index in [2.05, 4.69) is 28.3 Å². The molecule has 6 heteroatoms. The molecule has 0 spiro atoms. The highest BCUT2D eigenvalue weighted by atomic mass is 16.2. The topological polar surface area (TPSA) is 67.2 Å². The molecule has 0 radical (unpaired) electrons. The lowest BCUT2D eigenvalue weighted by molar-refractivity contribution is -0.117. The molecule has 156 valence electrons. The maximum Gasteiger partial charge on any atom is 0.275 e. The summed E-state index contributed by atoms with van der Waals surface area (Å²) in [6, 6.07) is 13.4. The summed E-state index contributed by atoms with van der Waals surface area (Å²) in [5.41, 5.74) is 2.65. The highest BCUT2D eigenvalue weighted by Crippen LogP contribution is 2.26. The van der Waals surface area contributed by atoms with E-state index in [9.17, 15) is 9.59 Å². The zero-order valence-corrected chi connectivity index (χ0v) is 17.8. The molecule has 1 aliphatic rings. The molecule has 4 rings (SSSR count). The van der Waals surface area contributed by atoms with E-state index < -0.39 is 0 Å². The van der Waals surface area contributed by atoms with Crippen LogP contribution in [0.1, 0.15) is 30.9 Å². The van der Waals surface area contributed by atoms with Crippen molar-refractivity contribution in [3.8, 4) is 0 Å². The molecule has 6 nitrogen and oxygen atoms in total. The van der Waals surface area contributed by atoms with Gasteiger partial charge in [-0.05, 0) is 61.9 Å². The Balaban J connectivity index is 1.67. The van der Waals surface area contributed by atoms with Crippen molar-refractivity contribution in [1.29, 1.82) is 0 Å². The van der Waals surface area contributed by atoms with Crippen LogP contribution in [0.3, 0.4) is 0 Å². The smallest absolute Gasteiger partial charge is 0.275 e. The van der Waals surface area contributed by atoms with Crippen molar-refractivity contribution in [3.63, 3.8) is 0 Å². The first kappa shape index (κ1) is 20.1. The van der Waals surface area contributed by atoms with Crippen LogP contribution in [0, 0.1) is 19.8 Å². The maximum absolute atomic E-state index is 13.0. The minimum Gasteiger partial charge on any atom is -0.354 e. The summed E-state index contributed by atoms with van der Waals surface area (Å²) in [7, 11) is 0. The van der Waals surface area contributed by atoms with Gasteiger partial charge in [0.2, 0.25) is 5.91 Å². The Morgan fingerprint density at radius 1 is 1.13 bits per heavy atom. The average molecular weight is 405 g/mol. The number of anilines is 2. The van der Waals surface area contributed by atoms with E-state index >= 15 is 0 Å². The van der Waals surface area contributed by atoms with Crippen molar-refractivity contribution in [2.24, 2.45) is 5.92 Å². The van der Waals surface area contributed by atoms with Gasteiger partial charge in [-0.3, -0.25) is 9.59 Å². The molecule has 1 aromatic heterocycles. The molecule has 1 saturated heterocycles. The number of rotatable bonds is 4. The molecule has 1 aliphatic heterocycles. The van der Waals surface area contributed by atoms with E-state index in [1.54, 1.807) is 0 Å². The first-order valence-corrected chi connectivity index (χ1v) is 10.5. The third-order valence-electron chi connectivity index (χ3n) is 5.60. The number of nitrogens with one attached hydrogen (secondary N) is 1. The quantitative estimate of drug-likeness (QED) is 0.716. The van der Waals surface area contributed by atoms with Gasteiger partial charge in [-0.2, -0.15) is 5.10 Å². The number of hydrogen-bond acceptors (Lipinski definition) is 4. The number of carbonyl (C=O) groups excluding carboxylic acids is 1. The molecule has 1 N–H and O–H groups in total. The first-order valence-electron chi connectivity index (χ1n) is 10.5. The predicted octanol–water partition coefficient (Wildman–Crippen LogP) is 3.89. The van der Waals surface area contributed by atoms with Crippen LogP contribution in [0.4, 0.5) is 11.5 Å². The van der Waals surface area contributed by atoms with Gasteiger partial charge >= 0.3 is 0 Å². The Labute approximate surface area is 176 Å². The van der Waals surface area contributed by atoms with Crippen molar-refractivity contribution in [1.82, 2.24) is 9.78 Å². The summed E-state index contributed by atoms with van der Waals surface area (Å²) < 4.78 is 1.30. The number of fused-ring (bicyclic) bond motifs is 1. The molecule has 30 heavy (non-hydrogen) atoms. The monoisotopic (exact) mass is 404 g/mol. The average Bonchev–Trinajstić information content (AvgIpc) is 2.69. The Bertz CT molecular complexity index is 1130. The van der Waals surface area contributed by atoms with E-state index in [0.717, 1.165) is 47.5 Å². The van der Waals surface area contributed by atoms with E-state index in [1.165, 1.54) is 11.1 Å². The van der Waals surface area contributed by atoms with Crippen LogP contribution in [-0.2, 0) is 11.3 Å². The summed E-state index contributed by atoms with van der Waals surface area (Å²) in [6.07, 6.45) is 2.30. The van der Waals surface area contributed by atoms with Gasteiger partial charge < -0.3 is 10.2 Å².